The van der Waals surface area contributed by atoms with Crippen molar-refractivity contribution in [1.29, 1.82) is 0 Å². The molecule has 1 aromatic heterocycles. The minimum atomic E-state index is 0.413. The highest BCUT2D eigenvalue weighted by molar-refractivity contribution is 6.16. The minimum absolute atomic E-state index is 0.413. The molecule has 1 rings (SSSR count). The first-order valence-electron chi connectivity index (χ1n) is 4.39. The zero-order valence-electron chi connectivity index (χ0n) is 7.74. The first-order valence-corrected chi connectivity index (χ1v) is 4.93. The van der Waals surface area contributed by atoms with Gasteiger partial charge in [-0.15, -0.1) is 16.7 Å². The van der Waals surface area contributed by atoms with Gasteiger partial charge in [-0.1, -0.05) is 12.1 Å². The molecule has 1 aromatic rings. The van der Waals surface area contributed by atoms with Crippen LogP contribution in [-0.2, 0) is 17.2 Å². The van der Waals surface area contributed by atoms with E-state index in [-0.39, 0.29) is 0 Å². The highest BCUT2D eigenvalue weighted by Gasteiger charge is 1.97. The Morgan fingerprint density at radius 1 is 1.54 bits per heavy atom. The molecule has 0 saturated heterocycles. The zero-order chi connectivity index (χ0) is 9.52. The predicted octanol–water partition coefficient (Wildman–Crippen LogP) is 1.44. The highest BCUT2D eigenvalue weighted by Crippen LogP contribution is 1.97. The van der Waals surface area contributed by atoms with Crippen LogP contribution in [0.5, 0.6) is 0 Å². The van der Waals surface area contributed by atoms with Crippen LogP contribution in [0.15, 0.2) is 6.20 Å². The van der Waals surface area contributed by atoms with Crippen molar-refractivity contribution in [2.45, 2.75) is 25.8 Å². The molecule has 0 atom stereocenters. The summed E-state index contributed by atoms with van der Waals surface area (Å²) in [5.74, 6) is 0.413. The van der Waals surface area contributed by atoms with Crippen molar-refractivity contribution in [3.8, 4) is 0 Å². The van der Waals surface area contributed by atoms with Gasteiger partial charge in [0, 0.05) is 12.8 Å². The van der Waals surface area contributed by atoms with Crippen molar-refractivity contribution in [2.24, 2.45) is 0 Å². The van der Waals surface area contributed by atoms with Gasteiger partial charge in [0.25, 0.3) is 0 Å². The summed E-state index contributed by atoms with van der Waals surface area (Å²) in [6.45, 7) is 4.31. The Bertz CT molecular complexity index is 239. The first kappa shape index (κ1) is 10.5. The fourth-order valence-electron chi connectivity index (χ4n) is 0.914. The second-order valence-corrected chi connectivity index (χ2v) is 2.99. The van der Waals surface area contributed by atoms with Gasteiger partial charge in [-0.25, -0.2) is 4.68 Å². The topological polar surface area (TPSA) is 39.9 Å². The van der Waals surface area contributed by atoms with Crippen LogP contribution in [0.2, 0.25) is 0 Å². The molecular formula is C8H14ClN3O. The molecule has 0 fully saturated rings. The average Bonchev–Trinajstić information content (AvgIpc) is 2.60. The SMILES string of the molecule is CCCOCCn1cc(CCl)nn1. The fraction of sp³-hybridized carbons (Fsp3) is 0.750. The van der Waals surface area contributed by atoms with Gasteiger partial charge in [0.15, 0.2) is 0 Å². The number of halogens is 1. The summed E-state index contributed by atoms with van der Waals surface area (Å²) in [5.41, 5.74) is 0.803. The lowest BCUT2D eigenvalue weighted by Gasteiger charge is -2.00. The summed E-state index contributed by atoms with van der Waals surface area (Å²) in [6.07, 6.45) is 2.88. The number of nitrogens with zero attached hydrogens (tertiary/aromatic N) is 3. The van der Waals surface area contributed by atoms with Crippen LogP contribution in [0, 0.1) is 0 Å². The largest absolute Gasteiger partial charge is 0.380 e. The third-order valence-corrected chi connectivity index (χ3v) is 1.81. The number of aromatic nitrogens is 3. The van der Waals surface area contributed by atoms with E-state index in [1.807, 2.05) is 6.20 Å². The van der Waals surface area contributed by atoms with E-state index in [4.69, 9.17) is 16.3 Å². The Hall–Kier alpha value is -0.610. The van der Waals surface area contributed by atoms with Crippen molar-refractivity contribution < 1.29 is 4.74 Å². The molecule has 5 heteroatoms. The summed E-state index contributed by atoms with van der Waals surface area (Å²) in [6, 6.07) is 0. The molecule has 0 saturated carbocycles. The third-order valence-electron chi connectivity index (χ3n) is 1.54. The molecule has 0 aromatic carbocycles. The first-order chi connectivity index (χ1) is 6.36. The van der Waals surface area contributed by atoms with Gasteiger partial charge in [-0.05, 0) is 6.42 Å². The minimum Gasteiger partial charge on any atom is -0.380 e. The third kappa shape index (κ3) is 3.74. The summed E-state index contributed by atoms with van der Waals surface area (Å²) in [4.78, 5) is 0. The van der Waals surface area contributed by atoms with Gasteiger partial charge < -0.3 is 4.74 Å². The van der Waals surface area contributed by atoms with E-state index in [9.17, 15) is 0 Å². The highest BCUT2D eigenvalue weighted by atomic mass is 35.5. The standard InChI is InChI=1S/C8H14ClN3O/c1-2-4-13-5-3-12-7-8(6-9)10-11-12/h7H,2-6H2,1H3. The molecular weight excluding hydrogens is 190 g/mol. The molecule has 1 heterocycles. The monoisotopic (exact) mass is 203 g/mol. The Kier molecular flexibility index (Phi) is 4.78. The van der Waals surface area contributed by atoms with Crippen molar-refractivity contribution in [2.75, 3.05) is 13.2 Å². The Morgan fingerprint density at radius 3 is 3.00 bits per heavy atom. The number of hydrogen-bond acceptors (Lipinski definition) is 3. The Balaban J connectivity index is 2.20. The van der Waals surface area contributed by atoms with Crippen LogP contribution >= 0.6 is 11.6 Å². The molecule has 74 valence electrons. The Morgan fingerprint density at radius 2 is 2.38 bits per heavy atom. The normalized spacial score (nSPS) is 10.6. The average molecular weight is 204 g/mol. The van der Waals surface area contributed by atoms with Crippen LogP contribution in [-0.4, -0.2) is 28.2 Å². The van der Waals surface area contributed by atoms with E-state index < -0.39 is 0 Å². The van der Waals surface area contributed by atoms with E-state index in [0.717, 1.165) is 25.3 Å². The second kappa shape index (κ2) is 5.94. The summed E-state index contributed by atoms with van der Waals surface area (Å²) in [5, 5.41) is 7.75. The fourth-order valence-corrected chi connectivity index (χ4v) is 1.04. The lowest BCUT2D eigenvalue weighted by Crippen LogP contribution is -2.06. The van der Waals surface area contributed by atoms with E-state index >= 15 is 0 Å². The van der Waals surface area contributed by atoms with Gasteiger partial charge in [0.05, 0.1) is 24.7 Å². The van der Waals surface area contributed by atoms with E-state index in [2.05, 4.69) is 17.2 Å². The van der Waals surface area contributed by atoms with Crippen molar-refractivity contribution in [3.63, 3.8) is 0 Å². The number of ether oxygens (including phenoxy) is 1. The van der Waals surface area contributed by atoms with Gasteiger partial charge >= 0.3 is 0 Å². The van der Waals surface area contributed by atoms with Crippen LogP contribution in [0.3, 0.4) is 0 Å². The second-order valence-electron chi connectivity index (χ2n) is 2.72. The van der Waals surface area contributed by atoms with Crippen LogP contribution in [0.25, 0.3) is 0 Å². The number of hydrogen-bond donors (Lipinski definition) is 0. The molecule has 0 bridgehead atoms. The van der Waals surface area contributed by atoms with Crippen molar-refractivity contribution >= 4 is 11.6 Å². The maximum Gasteiger partial charge on any atom is 0.0974 e. The molecule has 0 aliphatic heterocycles. The van der Waals surface area contributed by atoms with Gasteiger partial charge in [-0.3, -0.25) is 0 Å². The zero-order valence-corrected chi connectivity index (χ0v) is 8.50. The molecule has 0 spiro atoms. The predicted molar refractivity (Wildman–Crippen MR) is 50.7 cm³/mol. The van der Waals surface area contributed by atoms with Crippen LogP contribution in [0.4, 0.5) is 0 Å². The number of rotatable bonds is 6. The summed E-state index contributed by atoms with van der Waals surface area (Å²) in [7, 11) is 0. The molecule has 0 unspecified atom stereocenters. The van der Waals surface area contributed by atoms with Crippen LogP contribution in [0.1, 0.15) is 19.0 Å². The molecule has 0 aliphatic rings. The van der Waals surface area contributed by atoms with Gasteiger partial charge in [-0.2, -0.15) is 0 Å². The maximum atomic E-state index is 5.58. The Labute approximate surface area is 82.8 Å². The molecule has 0 radical (unpaired) electrons. The maximum absolute atomic E-state index is 5.58. The molecule has 13 heavy (non-hydrogen) atoms. The van der Waals surface area contributed by atoms with Crippen LogP contribution < -0.4 is 0 Å². The van der Waals surface area contributed by atoms with Crippen molar-refractivity contribution in [1.82, 2.24) is 15.0 Å². The molecule has 0 N–H and O–H groups in total. The molecule has 4 nitrogen and oxygen atoms in total. The lowest BCUT2D eigenvalue weighted by atomic mass is 10.5. The van der Waals surface area contributed by atoms with E-state index in [1.165, 1.54) is 0 Å². The van der Waals surface area contributed by atoms with Crippen molar-refractivity contribution in [3.05, 3.63) is 11.9 Å². The summed E-state index contributed by atoms with van der Waals surface area (Å²) < 4.78 is 7.05. The molecule has 0 amide bonds. The quantitative estimate of drug-likeness (QED) is 0.519. The summed E-state index contributed by atoms with van der Waals surface area (Å²) >= 11 is 5.58. The van der Waals surface area contributed by atoms with E-state index in [0.29, 0.717) is 12.5 Å². The van der Waals surface area contributed by atoms with Gasteiger partial charge in [0.1, 0.15) is 0 Å². The van der Waals surface area contributed by atoms with E-state index in [1.54, 1.807) is 4.68 Å². The molecule has 0 aliphatic carbocycles. The smallest absolute Gasteiger partial charge is 0.0974 e. The lowest BCUT2D eigenvalue weighted by molar-refractivity contribution is 0.124. The number of alkyl halides is 1. The van der Waals surface area contributed by atoms with Gasteiger partial charge in [0.2, 0.25) is 0 Å².